The average molecular weight is 503 g/mol. The highest BCUT2D eigenvalue weighted by Gasteiger charge is 2.37. The predicted molar refractivity (Wildman–Crippen MR) is 134 cm³/mol. The maximum atomic E-state index is 12.9. The maximum Gasteiger partial charge on any atom is 0.335 e. The third-order valence-corrected chi connectivity index (χ3v) is 7.29. The molecule has 0 aliphatic carbocycles. The number of rotatable bonds is 5. The van der Waals surface area contributed by atoms with E-state index in [2.05, 4.69) is 0 Å². The molecule has 182 valence electrons. The van der Waals surface area contributed by atoms with E-state index in [1.807, 2.05) is 24.3 Å². The van der Waals surface area contributed by atoms with Gasteiger partial charge in [0.1, 0.15) is 18.1 Å². The summed E-state index contributed by atoms with van der Waals surface area (Å²) in [6, 6.07) is 16.2. The Hall–Kier alpha value is -4.11. The van der Waals surface area contributed by atoms with Crippen LogP contribution >= 0.6 is 11.8 Å². The lowest BCUT2D eigenvalue weighted by atomic mass is 10.00. The molecule has 9 heteroatoms. The van der Waals surface area contributed by atoms with Crippen molar-refractivity contribution in [3.8, 4) is 11.3 Å². The smallest absolute Gasteiger partial charge is 0.335 e. The normalized spacial score (nSPS) is 16.5. The molecule has 1 N–H and O–H groups in total. The fourth-order valence-corrected chi connectivity index (χ4v) is 5.24. The third kappa shape index (κ3) is 4.45. The molecule has 2 aliphatic heterocycles. The van der Waals surface area contributed by atoms with Crippen LogP contribution in [0.25, 0.3) is 17.4 Å². The fourth-order valence-electron chi connectivity index (χ4n) is 4.42. The van der Waals surface area contributed by atoms with Crippen molar-refractivity contribution in [3.05, 3.63) is 87.5 Å². The SMILES string of the molecule is Cc1c(C(=O)O)cccc1-c1ccc(/C=C2\SC(=O)N(CC(=O)N3CCc4ccccc4C3)C2=O)o1. The van der Waals surface area contributed by atoms with Crippen LogP contribution in [0.2, 0.25) is 0 Å². The first kappa shape index (κ1) is 23.6. The lowest BCUT2D eigenvalue weighted by molar-refractivity contribution is -0.136. The maximum absolute atomic E-state index is 12.9. The number of carboxylic acids is 1. The van der Waals surface area contributed by atoms with Crippen LogP contribution in [-0.2, 0) is 22.6 Å². The Morgan fingerprint density at radius 1 is 1.06 bits per heavy atom. The molecule has 1 aromatic heterocycles. The van der Waals surface area contributed by atoms with Crippen LogP contribution in [-0.4, -0.2) is 51.0 Å². The van der Waals surface area contributed by atoms with Crippen LogP contribution in [0.1, 0.15) is 32.8 Å². The zero-order valence-corrected chi connectivity index (χ0v) is 20.2. The molecule has 1 saturated heterocycles. The van der Waals surface area contributed by atoms with E-state index in [9.17, 15) is 24.3 Å². The monoisotopic (exact) mass is 502 g/mol. The molecule has 3 aromatic rings. The summed E-state index contributed by atoms with van der Waals surface area (Å²) in [5.41, 5.74) is 3.64. The lowest BCUT2D eigenvalue weighted by Gasteiger charge is -2.29. The molecule has 2 aromatic carbocycles. The molecule has 5 rings (SSSR count). The second-order valence-corrected chi connectivity index (χ2v) is 9.58. The van der Waals surface area contributed by atoms with E-state index in [1.54, 1.807) is 36.1 Å². The first-order valence-electron chi connectivity index (χ1n) is 11.3. The van der Waals surface area contributed by atoms with Crippen molar-refractivity contribution in [1.82, 2.24) is 9.80 Å². The van der Waals surface area contributed by atoms with Crippen LogP contribution in [0, 0.1) is 6.92 Å². The number of carbonyl (C=O) groups is 4. The van der Waals surface area contributed by atoms with E-state index >= 15 is 0 Å². The number of fused-ring (bicyclic) bond motifs is 1. The van der Waals surface area contributed by atoms with Crippen molar-refractivity contribution < 1.29 is 28.7 Å². The van der Waals surface area contributed by atoms with E-state index in [1.165, 1.54) is 17.7 Å². The summed E-state index contributed by atoms with van der Waals surface area (Å²) in [7, 11) is 0. The summed E-state index contributed by atoms with van der Waals surface area (Å²) in [4.78, 5) is 52.6. The van der Waals surface area contributed by atoms with Gasteiger partial charge in [-0.3, -0.25) is 19.3 Å². The summed E-state index contributed by atoms with van der Waals surface area (Å²) < 4.78 is 5.84. The largest absolute Gasteiger partial charge is 0.478 e. The number of nitrogens with zero attached hydrogens (tertiary/aromatic N) is 2. The molecule has 0 bridgehead atoms. The number of hydrogen-bond acceptors (Lipinski definition) is 6. The molecule has 3 heterocycles. The summed E-state index contributed by atoms with van der Waals surface area (Å²) in [5, 5.41) is 8.85. The van der Waals surface area contributed by atoms with Gasteiger partial charge in [0.15, 0.2) is 0 Å². The molecular formula is C27H22N2O6S. The number of furan rings is 1. The third-order valence-electron chi connectivity index (χ3n) is 6.38. The summed E-state index contributed by atoms with van der Waals surface area (Å²) in [6.45, 7) is 2.39. The topological polar surface area (TPSA) is 108 Å². The van der Waals surface area contributed by atoms with E-state index in [-0.39, 0.29) is 22.9 Å². The number of carbonyl (C=O) groups excluding carboxylic acids is 3. The van der Waals surface area contributed by atoms with Gasteiger partial charge in [-0.2, -0.15) is 0 Å². The van der Waals surface area contributed by atoms with Crippen LogP contribution < -0.4 is 0 Å². The van der Waals surface area contributed by atoms with Gasteiger partial charge < -0.3 is 14.4 Å². The molecule has 2 aliphatic rings. The Morgan fingerprint density at radius 3 is 2.61 bits per heavy atom. The molecule has 0 radical (unpaired) electrons. The number of benzene rings is 2. The number of imide groups is 1. The first-order chi connectivity index (χ1) is 17.3. The zero-order chi connectivity index (χ0) is 25.4. The van der Waals surface area contributed by atoms with E-state index in [0.29, 0.717) is 35.7 Å². The van der Waals surface area contributed by atoms with Gasteiger partial charge in [-0.05, 0) is 60.0 Å². The van der Waals surface area contributed by atoms with Gasteiger partial charge in [0, 0.05) is 24.7 Å². The van der Waals surface area contributed by atoms with E-state index in [0.717, 1.165) is 28.6 Å². The van der Waals surface area contributed by atoms with Crippen molar-refractivity contribution in [2.75, 3.05) is 13.1 Å². The minimum Gasteiger partial charge on any atom is -0.478 e. The zero-order valence-electron chi connectivity index (χ0n) is 19.4. The standard InChI is InChI=1S/C27H22N2O6S/c1-16-20(7-4-8-21(16)26(32)33)22-10-9-19(35-22)13-23-25(31)29(27(34)36-23)15-24(30)28-12-11-17-5-2-3-6-18(17)14-28/h2-10,13H,11-12,14-15H2,1H3,(H,32,33)/b23-13-. The number of hydrogen-bond donors (Lipinski definition) is 1. The number of aromatic carboxylic acids is 1. The number of amides is 3. The van der Waals surface area contributed by atoms with Crippen molar-refractivity contribution in [2.45, 2.75) is 19.9 Å². The molecule has 0 spiro atoms. The number of thioether (sulfide) groups is 1. The van der Waals surface area contributed by atoms with Gasteiger partial charge in [-0.25, -0.2) is 4.79 Å². The van der Waals surface area contributed by atoms with Gasteiger partial charge in [-0.15, -0.1) is 0 Å². The second-order valence-electron chi connectivity index (χ2n) is 8.59. The van der Waals surface area contributed by atoms with Crippen LogP contribution in [0.5, 0.6) is 0 Å². The highest BCUT2D eigenvalue weighted by atomic mass is 32.2. The Balaban J connectivity index is 1.30. The van der Waals surface area contributed by atoms with Gasteiger partial charge in [0.2, 0.25) is 5.91 Å². The van der Waals surface area contributed by atoms with Crippen molar-refractivity contribution in [1.29, 1.82) is 0 Å². The quantitative estimate of drug-likeness (QED) is 0.509. The Bertz CT molecular complexity index is 1440. The molecule has 8 nitrogen and oxygen atoms in total. The van der Waals surface area contributed by atoms with Gasteiger partial charge in [0.25, 0.3) is 11.1 Å². The van der Waals surface area contributed by atoms with Gasteiger partial charge in [0.05, 0.1) is 10.5 Å². The van der Waals surface area contributed by atoms with Gasteiger partial charge in [-0.1, -0.05) is 36.4 Å². The van der Waals surface area contributed by atoms with Crippen molar-refractivity contribution in [2.24, 2.45) is 0 Å². The highest BCUT2D eigenvalue weighted by molar-refractivity contribution is 8.18. The van der Waals surface area contributed by atoms with Crippen LogP contribution in [0.15, 0.2) is 63.9 Å². The molecular weight excluding hydrogens is 480 g/mol. The molecule has 0 atom stereocenters. The Kier molecular flexibility index (Phi) is 6.24. The van der Waals surface area contributed by atoms with Crippen LogP contribution in [0.3, 0.4) is 0 Å². The van der Waals surface area contributed by atoms with Crippen molar-refractivity contribution in [3.63, 3.8) is 0 Å². The molecule has 0 saturated carbocycles. The Morgan fingerprint density at radius 2 is 1.83 bits per heavy atom. The highest BCUT2D eigenvalue weighted by Crippen LogP contribution is 2.34. The summed E-state index contributed by atoms with van der Waals surface area (Å²) in [6.07, 6.45) is 2.20. The Labute approximate surface area is 211 Å². The summed E-state index contributed by atoms with van der Waals surface area (Å²) in [5.74, 6) is -1.06. The molecule has 0 unspecified atom stereocenters. The predicted octanol–water partition coefficient (Wildman–Crippen LogP) is 4.57. The van der Waals surface area contributed by atoms with E-state index < -0.39 is 17.1 Å². The first-order valence-corrected chi connectivity index (χ1v) is 12.2. The summed E-state index contributed by atoms with van der Waals surface area (Å²) >= 11 is 0.759. The van der Waals surface area contributed by atoms with Crippen molar-refractivity contribution >= 4 is 40.9 Å². The second kappa shape index (κ2) is 9.50. The van der Waals surface area contributed by atoms with Gasteiger partial charge >= 0.3 is 5.97 Å². The minimum atomic E-state index is -1.03. The fraction of sp³-hybridized carbons (Fsp3) is 0.185. The minimum absolute atomic E-state index is 0.161. The van der Waals surface area contributed by atoms with E-state index in [4.69, 9.17) is 4.42 Å². The van der Waals surface area contributed by atoms with Crippen LogP contribution in [0.4, 0.5) is 4.79 Å². The molecule has 36 heavy (non-hydrogen) atoms. The average Bonchev–Trinajstić information content (AvgIpc) is 3.43. The lowest BCUT2D eigenvalue weighted by Crippen LogP contribution is -2.44. The molecule has 1 fully saturated rings. The molecule has 3 amide bonds. The number of carboxylic acid groups (broad SMARTS) is 1.